The quantitative estimate of drug-likeness (QED) is 0.0202. The van der Waals surface area contributed by atoms with E-state index in [2.05, 4.69) is 43.3 Å². The number of carboxylic acid groups (broad SMARTS) is 1. The van der Waals surface area contributed by atoms with Crippen LogP contribution < -0.4 is 47.9 Å². The Balaban J connectivity index is 1.16. The van der Waals surface area contributed by atoms with E-state index in [0.717, 1.165) is 44.6 Å². The van der Waals surface area contributed by atoms with E-state index in [1.54, 1.807) is 63.2 Å². The van der Waals surface area contributed by atoms with Gasteiger partial charge in [0.25, 0.3) is 0 Å². The number of hydrogen-bond donors (Lipinski definition) is 9. The third-order valence-corrected chi connectivity index (χ3v) is 16.1. The van der Waals surface area contributed by atoms with Gasteiger partial charge in [-0.3, -0.25) is 28.8 Å². The van der Waals surface area contributed by atoms with Gasteiger partial charge < -0.3 is 62.6 Å². The second-order valence-corrected chi connectivity index (χ2v) is 25.2. The Morgan fingerprint density at radius 2 is 1.44 bits per heavy atom. The normalized spacial score (nSPS) is 14.8. The number of carboxylic acids is 1. The van der Waals surface area contributed by atoms with Gasteiger partial charge in [0.1, 0.15) is 24.7 Å². The van der Waals surface area contributed by atoms with Crippen molar-refractivity contribution in [3.8, 4) is 0 Å². The third-order valence-electron chi connectivity index (χ3n) is 16.1. The van der Waals surface area contributed by atoms with Crippen LogP contribution in [0.1, 0.15) is 141 Å². The lowest BCUT2D eigenvalue weighted by atomic mass is 9.76. The Bertz CT molecular complexity index is 3270. The number of urea groups is 1. The molecule has 0 fully saturated rings. The summed E-state index contributed by atoms with van der Waals surface area (Å²) in [5, 5.41) is 29.4. The Labute approximate surface area is 523 Å². The van der Waals surface area contributed by atoms with Gasteiger partial charge in [0.2, 0.25) is 35.4 Å². The van der Waals surface area contributed by atoms with E-state index in [9.17, 15) is 48.3 Å². The van der Waals surface area contributed by atoms with Crippen LogP contribution in [0.5, 0.6) is 0 Å². The fraction of sp³-hybridized carbons (Fsp3) is 0.456. The van der Waals surface area contributed by atoms with E-state index in [4.69, 9.17) is 10.5 Å². The second-order valence-electron chi connectivity index (χ2n) is 25.2. The molecule has 0 saturated heterocycles. The molecule has 89 heavy (non-hydrogen) atoms. The molecule has 0 bridgehead atoms. The number of aliphatic carboxylic acids is 1. The number of nitrogens with one attached hydrogen (secondary N) is 7. The standard InChI is InChI=1S/C68H92N10O11/c1-40(2)54(36-44(7)64(85)86)77(14)63(84)59(67(8,9)10)76-62(83)58(70-13)68(11,12)49-28-27-47(42(5)35-49)37-72-66(88)89-39-45-25-29-50(30-26-45)73-60(81)52(23-19-33-71-65(69)87)74-61(82)57(41(3)4)75-55(79)31-32-56(80)78-38-48-21-16-15-20-46(48)34-43(6)51-22-17-18-24-53(51)78/h15-18,20-22,24-30,34-36,40-41,52,54,57-59,70H,19,23,31-33,37-39H2,1-14H3,(H,72,88)(H,73,81)(H,74,82)(H,75,79)(H,76,83)(H,85,86)(H3,69,71,87)/b43-34-,44-36+/t52-,54+,57-,58?,59+/m0/s1. The lowest BCUT2D eigenvalue weighted by Gasteiger charge is -2.40. The predicted octanol–water partition coefficient (Wildman–Crippen LogP) is 8.23. The van der Waals surface area contributed by atoms with Crippen LogP contribution in [-0.2, 0) is 63.4 Å². The van der Waals surface area contributed by atoms with Crippen molar-refractivity contribution in [2.24, 2.45) is 23.0 Å². The number of anilines is 2. The van der Waals surface area contributed by atoms with Crippen LogP contribution in [-0.4, -0.2) is 114 Å². The van der Waals surface area contributed by atoms with E-state index < -0.39 is 88.7 Å². The molecule has 1 unspecified atom stereocenters. The van der Waals surface area contributed by atoms with Gasteiger partial charge in [-0.05, 0) is 115 Å². The number of fused-ring (bicyclic) bond motifs is 2. The number of likely N-dealkylation sites (N-methyl/N-ethyl adjacent to an activating group) is 2. The molecular formula is C68H92N10O11. The van der Waals surface area contributed by atoms with Crippen LogP contribution in [0.2, 0.25) is 0 Å². The first-order valence-electron chi connectivity index (χ1n) is 30.2. The van der Waals surface area contributed by atoms with Gasteiger partial charge in [-0.1, -0.05) is 147 Å². The van der Waals surface area contributed by atoms with E-state index in [1.165, 1.54) is 11.8 Å². The van der Waals surface area contributed by atoms with Gasteiger partial charge in [0, 0.05) is 55.2 Å². The van der Waals surface area contributed by atoms with Crippen LogP contribution in [0, 0.1) is 24.2 Å². The first-order chi connectivity index (χ1) is 41.8. The molecule has 1 heterocycles. The molecule has 1 aliphatic rings. The topological polar surface area (TPSA) is 300 Å². The number of hydrogen-bond acceptors (Lipinski definition) is 11. The number of carbonyl (C=O) groups excluding carboxylic acids is 8. The fourth-order valence-electron chi connectivity index (χ4n) is 10.7. The van der Waals surface area contributed by atoms with Gasteiger partial charge in [0.05, 0.1) is 24.3 Å². The molecule has 0 radical (unpaired) electrons. The first-order valence-corrected chi connectivity index (χ1v) is 30.2. The minimum atomic E-state index is -1.11. The summed E-state index contributed by atoms with van der Waals surface area (Å²) in [4.78, 5) is 123. The van der Waals surface area contributed by atoms with Crippen molar-refractivity contribution in [2.45, 2.75) is 164 Å². The molecule has 480 valence electrons. The highest BCUT2D eigenvalue weighted by Gasteiger charge is 2.42. The largest absolute Gasteiger partial charge is 0.478 e. The summed E-state index contributed by atoms with van der Waals surface area (Å²) in [6.07, 6.45) is 3.03. The molecule has 1 aliphatic heterocycles. The van der Waals surface area contributed by atoms with Gasteiger partial charge in [0.15, 0.2) is 0 Å². The van der Waals surface area contributed by atoms with Crippen molar-refractivity contribution in [3.63, 3.8) is 0 Å². The number of rotatable bonds is 27. The zero-order chi connectivity index (χ0) is 66.1. The number of nitrogens with zero attached hydrogens (tertiary/aromatic N) is 2. The van der Waals surface area contributed by atoms with E-state index in [1.807, 2.05) is 129 Å². The number of aryl methyl sites for hydroxylation is 1. The van der Waals surface area contributed by atoms with Crippen LogP contribution >= 0.6 is 0 Å². The molecular weight excluding hydrogens is 1130 g/mol. The van der Waals surface area contributed by atoms with Gasteiger partial charge in [-0.15, -0.1) is 0 Å². The number of ether oxygens (including phenoxy) is 1. The molecule has 21 heteroatoms. The summed E-state index contributed by atoms with van der Waals surface area (Å²) in [6.45, 7) is 22.6. The average molecular weight is 1230 g/mol. The van der Waals surface area contributed by atoms with Gasteiger partial charge >= 0.3 is 18.1 Å². The smallest absolute Gasteiger partial charge is 0.407 e. The molecule has 0 aromatic heterocycles. The zero-order valence-electron chi connectivity index (χ0n) is 54.0. The highest BCUT2D eigenvalue weighted by Crippen LogP contribution is 2.35. The summed E-state index contributed by atoms with van der Waals surface area (Å²) in [6, 6.07) is 22.6. The van der Waals surface area contributed by atoms with E-state index >= 15 is 0 Å². The van der Waals surface area contributed by atoms with Crippen molar-refractivity contribution in [2.75, 3.05) is 30.9 Å². The van der Waals surface area contributed by atoms with E-state index in [0.29, 0.717) is 17.8 Å². The number of nitrogens with two attached hydrogens (primary N) is 1. The maximum Gasteiger partial charge on any atom is 0.407 e. The maximum atomic E-state index is 14.2. The van der Waals surface area contributed by atoms with E-state index in [-0.39, 0.29) is 68.7 Å². The van der Waals surface area contributed by atoms with Gasteiger partial charge in [-0.25, -0.2) is 14.4 Å². The number of benzene rings is 4. The molecule has 5 atom stereocenters. The first kappa shape index (κ1) is 70.9. The summed E-state index contributed by atoms with van der Waals surface area (Å²) in [7, 11) is 3.30. The van der Waals surface area contributed by atoms with Crippen molar-refractivity contribution in [3.05, 3.63) is 142 Å². The maximum absolute atomic E-state index is 14.2. The summed E-state index contributed by atoms with van der Waals surface area (Å²) in [5.74, 6) is -4.30. The Hall–Kier alpha value is -8.85. The minimum Gasteiger partial charge on any atom is -0.478 e. The average Bonchev–Trinajstić information content (AvgIpc) is 2.41. The molecule has 21 nitrogen and oxygen atoms in total. The number of carbonyl (C=O) groups is 9. The molecule has 4 aromatic carbocycles. The SMILES string of the molecule is CNC(C(=O)N[C@H](C(=O)N(C)[C@H](/C=C(\C)C(=O)O)C(C)C)C(C)(C)C)C(C)(C)c1ccc(CNC(=O)OCc2ccc(NC(=O)[C@H](CCCNC(N)=O)NC(=O)[C@@H](NC(=O)CCC(=O)N3Cc4ccccc4/C=C(/C)c4ccccc43)C(C)C)cc2)c(C)c1. The minimum absolute atomic E-state index is 0.0956. The van der Waals surface area contributed by atoms with Crippen molar-refractivity contribution in [1.82, 2.24) is 36.8 Å². The van der Waals surface area contributed by atoms with Crippen molar-refractivity contribution >= 4 is 76.6 Å². The van der Waals surface area contributed by atoms with Crippen LogP contribution in [0.3, 0.4) is 0 Å². The molecule has 9 amide bonds. The Kier molecular flexibility index (Phi) is 25.4. The second kappa shape index (κ2) is 31.9. The van der Waals surface area contributed by atoms with Crippen LogP contribution in [0.15, 0.2) is 103 Å². The molecule has 5 rings (SSSR count). The number of para-hydroxylation sites is 1. The fourth-order valence-corrected chi connectivity index (χ4v) is 10.7. The number of amides is 9. The van der Waals surface area contributed by atoms with Crippen molar-refractivity contribution in [1.29, 1.82) is 0 Å². The summed E-state index contributed by atoms with van der Waals surface area (Å²) in [5.41, 5.74) is 11.9. The lowest BCUT2D eigenvalue weighted by molar-refractivity contribution is -0.141. The van der Waals surface area contributed by atoms with Crippen LogP contribution in [0.4, 0.5) is 21.0 Å². The van der Waals surface area contributed by atoms with Gasteiger partial charge in [-0.2, -0.15) is 0 Å². The zero-order valence-corrected chi connectivity index (χ0v) is 54.0. The predicted molar refractivity (Wildman–Crippen MR) is 346 cm³/mol. The molecule has 4 aromatic rings. The Morgan fingerprint density at radius 3 is 2.06 bits per heavy atom. The lowest BCUT2D eigenvalue weighted by Crippen LogP contribution is -2.61. The third kappa shape index (κ3) is 19.8. The number of alkyl carbamates (subject to hydrolysis) is 1. The summed E-state index contributed by atoms with van der Waals surface area (Å²) < 4.78 is 5.53. The Morgan fingerprint density at radius 1 is 0.775 bits per heavy atom. The molecule has 10 N–H and O–H groups in total. The molecule has 0 spiro atoms. The number of primary amides is 1. The van der Waals surface area contributed by atoms with Crippen molar-refractivity contribution < 1.29 is 53.0 Å². The molecule has 0 aliphatic carbocycles. The summed E-state index contributed by atoms with van der Waals surface area (Å²) >= 11 is 0. The highest BCUT2D eigenvalue weighted by molar-refractivity contribution is 6.01. The van der Waals surface area contributed by atoms with Crippen LogP contribution in [0.25, 0.3) is 11.6 Å². The highest BCUT2D eigenvalue weighted by atomic mass is 16.5. The monoisotopic (exact) mass is 1220 g/mol. The number of allylic oxidation sites excluding steroid dienone is 1. The molecule has 0 saturated carbocycles.